The molecule has 1 heterocycles. The van der Waals surface area contributed by atoms with Crippen LogP contribution in [0.3, 0.4) is 0 Å². The van der Waals surface area contributed by atoms with Crippen molar-refractivity contribution in [1.82, 2.24) is 4.98 Å². The summed E-state index contributed by atoms with van der Waals surface area (Å²) in [6, 6.07) is 4.73. The summed E-state index contributed by atoms with van der Waals surface area (Å²) in [7, 11) is 0. The molecule has 0 spiro atoms. The Bertz CT molecular complexity index is 289. The first-order valence-corrected chi connectivity index (χ1v) is 6.71. The molecule has 0 aliphatic carbocycles. The average Bonchev–Trinajstić information content (AvgIpc) is 2.26. The summed E-state index contributed by atoms with van der Waals surface area (Å²) in [6.45, 7) is 6.54. The highest BCUT2D eigenvalue weighted by Crippen LogP contribution is 2.15. The lowest BCUT2D eigenvalue weighted by Crippen LogP contribution is -2.14. The van der Waals surface area contributed by atoms with Crippen LogP contribution < -0.4 is 5.32 Å². The Kier molecular flexibility index (Phi) is 5.54. The van der Waals surface area contributed by atoms with Gasteiger partial charge in [-0.05, 0) is 36.8 Å². The molecule has 1 aromatic heterocycles. The lowest BCUT2D eigenvalue weighted by atomic mass is 10.2. The molecule has 0 aromatic carbocycles. The van der Waals surface area contributed by atoms with Crippen molar-refractivity contribution in [3.8, 4) is 0 Å². The molecule has 15 heavy (non-hydrogen) atoms. The van der Waals surface area contributed by atoms with Crippen LogP contribution in [-0.4, -0.2) is 16.8 Å². The molecule has 1 atom stereocenters. The van der Waals surface area contributed by atoms with E-state index in [1.807, 2.05) is 18.0 Å². The van der Waals surface area contributed by atoms with Gasteiger partial charge in [0.25, 0.3) is 0 Å². The molecule has 0 fully saturated rings. The number of pyridine rings is 1. The Morgan fingerprint density at radius 1 is 1.47 bits per heavy atom. The molecule has 1 unspecified atom stereocenters. The normalized spacial score (nSPS) is 12.5. The summed E-state index contributed by atoms with van der Waals surface area (Å²) >= 11 is 1.94. The van der Waals surface area contributed by atoms with Crippen LogP contribution in [0.4, 0.5) is 5.82 Å². The number of aromatic nitrogens is 1. The van der Waals surface area contributed by atoms with Crippen molar-refractivity contribution < 1.29 is 0 Å². The molecule has 0 amide bonds. The zero-order valence-electron chi connectivity index (χ0n) is 9.79. The van der Waals surface area contributed by atoms with Gasteiger partial charge in [-0.15, -0.1) is 0 Å². The van der Waals surface area contributed by atoms with Crippen LogP contribution >= 0.6 is 11.8 Å². The van der Waals surface area contributed by atoms with Crippen molar-refractivity contribution in [3.63, 3.8) is 0 Å². The number of nitrogens with one attached hydrogen (secondary N) is 1. The first-order valence-electron chi connectivity index (χ1n) is 5.55. The second kappa shape index (κ2) is 6.72. The molecule has 1 rings (SSSR count). The lowest BCUT2D eigenvalue weighted by Gasteiger charge is -2.12. The van der Waals surface area contributed by atoms with Gasteiger partial charge < -0.3 is 5.32 Å². The van der Waals surface area contributed by atoms with Gasteiger partial charge in [0.15, 0.2) is 0 Å². The maximum atomic E-state index is 4.32. The summed E-state index contributed by atoms with van der Waals surface area (Å²) in [4.78, 5) is 4.32. The maximum absolute atomic E-state index is 4.32. The van der Waals surface area contributed by atoms with E-state index in [4.69, 9.17) is 0 Å². The largest absolute Gasteiger partial charge is 0.368 e. The molecule has 1 N–H and O–H groups in total. The van der Waals surface area contributed by atoms with Crippen molar-refractivity contribution in [2.75, 3.05) is 11.1 Å². The van der Waals surface area contributed by atoms with E-state index in [1.165, 1.54) is 5.56 Å². The van der Waals surface area contributed by atoms with Crippen LogP contribution in [-0.2, 0) is 5.75 Å². The highest BCUT2D eigenvalue weighted by Gasteiger charge is 2.00. The summed E-state index contributed by atoms with van der Waals surface area (Å²) in [5.74, 6) is 3.24. The van der Waals surface area contributed by atoms with Gasteiger partial charge in [0.2, 0.25) is 0 Å². The second-order valence-corrected chi connectivity index (χ2v) is 4.91. The third-order valence-corrected chi connectivity index (χ3v) is 3.25. The fourth-order valence-corrected chi connectivity index (χ4v) is 1.84. The summed E-state index contributed by atoms with van der Waals surface area (Å²) in [6.07, 6.45) is 3.01. The quantitative estimate of drug-likeness (QED) is 0.800. The SMILES string of the molecule is CCSCc1ccnc(NC(C)CC)c1. The number of nitrogens with zero attached hydrogens (tertiary/aromatic N) is 1. The molecule has 3 heteroatoms. The first-order chi connectivity index (χ1) is 7.26. The molecular weight excluding hydrogens is 204 g/mol. The predicted molar refractivity (Wildman–Crippen MR) is 69.4 cm³/mol. The minimum atomic E-state index is 0.492. The Morgan fingerprint density at radius 3 is 2.93 bits per heavy atom. The number of rotatable bonds is 6. The van der Waals surface area contributed by atoms with Crippen LogP contribution in [0.15, 0.2) is 18.3 Å². The zero-order valence-corrected chi connectivity index (χ0v) is 10.6. The third kappa shape index (κ3) is 4.56. The molecule has 0 bridgehead atoms. The van der Waals surface area contributed by atoms with Crippen LogP contribution in [0.25, 0.3) is 0 Å². The van der Waals surface area contributed by atoms with Gasteiger partial charge in [0.05, 0.1) is 0 Å². The molecule has 1 aromatic rings. The van der Waals surface area contributed by atoms with Crippen molar-refractivity contribution in [2.24, 2.45) is 0 Å². The standard InChI is InChI=1S/C12H20N2S/c1-4-10(3)14-12-8-11(6-7-13-12)9-15-5-2/h6-8,10H,4-5,9H2,1-3H3,(H,13,14). The number of hydrogen-bond donors (Lipinski definition) is 1. The van der Waals surface area contributed by atoms with E-state index in [1.54, 1.807) is 0 Å². The third-order valence-electron chi connectivity index (χ3n) is 2.30. The Hall–Kier alpha value is -0.700. The molecular formula is C12H20N2S. The Balaban J connectivity index is 2.57. The van der Waals surface area contributed by atoms with Gasteiger partial charge in [-0.1, -0.05) is 13.8 Å². The van der Waals surface area contributed by atoms with Gasteiger partial charge >= 0.3 is 0 Å². The van der Waals surface area contributed by atoms with E-state index in [9.17, 15) is 0 Å². The zero-order chi connectivity index (χ0) is 11.1. The van der Waals surface area contributed by atoms with E-state index >= 15 is 0 Å². The van der Waals surface area contributed by atoms with E-state index in [2.05, 4.69) is 43.2 Å². The van der Waals surface area contributed by atoms with Crippen LogP contribution in [0.5, 0.6) is 0 Å². The first kappa shape index (κ1) is 12.4. The number of thioether (sulfide) groups is 1. The average molecular weight is 224 g/mol. The van der Waals surface area contributed by atoms with Gasteiger partial charge in [-0.3, -0.25) is 0 Å². The van der Waals surface area contributed by atoms with Crippen LogP contribution in [0.2, 0.25) is 0 Å². The molecule has 0 aliphatic heterocycles. The van der Waals surface area contributed by atoms with Gasteiger partial charge in [-0.2, -0.15) is 11.8 Å². The minimum absolute atomic E-state index is 0.492. The Labute approximate surface area is 96.9 Å². The molecule has 0 aliphatic rings. The molecule has 0 radical (unpaired) electrons. The van der Waals surface area contributed by atoms with E-state index < -0.39 is 0 Å². The van der Waals surface area contributed by atoms with Crippen LogP contribution in [0, 0.1) is 0 Å². The number of anilines is 1. The van der Waals surface area contributed by atoms with Gasteiger partial charge in [-0.25, -0.2) is 4.98 Å². The molecule has 0 saturated carbocycles. The maximum Gasteiger partial charge on any atom is 0.126 e. The lowest BCUT2D eigenvalue weighted by molar-refractivity contribution is 0.759. The van der Waals surface area contributed by atoms with Crippen molar-refractivity contribution in [1.29, 1.82) is 0 Å². The Morgan fingerprint density at radius 2 is 2.27 bits per heavy atom. The summed E-state index contributed by atoms with van der Waals surface area (Å²) < 4.78 is 0. The highest BCUT2D eigenvalue weighted by atomic mass is 32.2. The smallest absolute Gasteiger partial charge is 0.126 e. The summed E-state index contributed by atoms with van der Waals surface area (Å²) in [5.41, 5.74) is 1.35. The van der Waals surface area contributed by atoms with E-state index in [0.717, 1.165) is 23.7 Å². The fraction of sp³-hybridized carbons (Fsp3) is 0.583. The van der Waals surface area contributed by atoms with Crippen molar-refractivity contribution >= 4 is 17.6 Å². The van der Waals surface area contributed by atoms with E-state index in [-0.39, 0.29) is 0 Å². The molecule has 0 saturated heterocycles. The van der Waals surface area contributed by atoms with Crippen molar-refractivity contribution in [3.05, 3.63) is 23.9 Å². The van der Waals surface area contributed by atoms with E-state index in [0.29, 0.717) is 6.04 Å². The number of hydrogen-bond acceptors (Lipinski definition) is 3. The molecule has 2 nitrogen and oxygen atoms in total. The molecule has 84 valence electrons. The summed E-state index contributed by atoms with van der Waals surface area (Å²) in [5, 5.41) is 3.39. The fourth-order valence-electron chi connectivity index (χ4n) is 1.22. The topological polar surface area (TPSA) is 24.9 Å². The van der Waals surface area contributed by atoms with Crippen molar-refractivity contribution in [2.45, 2.75) is 39.0 Å². The van der Waals surface area contributed by atoms with Gasteiger partial charge in [0.1, 0.15) is 5.82 Å². The minimum Gasteiger partial charge on any atom is -0.368 e. The van der Waals surface area contributed by atoms with Gasteiger partial charge in [0, 0.05) is 18.0 Å². The second-order valence-electron chi connectivity index (χ2n) is 3.64. The van der Waals surface area contributed by atoms with Crippen LogP contribution in [0.1, 0.15) is 32.8 Å². The predicted octanol–water partition coefficient (Wildman–Crippen LogP) is 3.55. The monoisotopic (exact) mass is 224 g/mol. The highest BCUT2D eigenvalue weighted by molar-refractivity contribution is 7.98.